The van der Waals surface area contributed by atoms with E-state index < -0.39 is 0 Å². The Balaban J connectivity index is 1.30. The van der Waals surface area contributed by atoms with Gasteiger partial charge in [-0.3, -0.25) is 4.79 Å². The van der Waals surface area contributed by atoms with Crippen LogP contribution in [0.15, 0.2) is 64.6 Å². The number of aryl methyl sites for hydroxylation is 1. The lowest BCUT2D eigenvalue weighted by Crippen LogP contribution is -2.48. The first-order valence-electron chi connectivity index (χ1n) is 9.91. The first-order chi connectivity index (χ1) is 14.6. The summed E-state index contributed by atoms with van der Waals surface area (Å²) in [5.41, 5.74) is 2.78. The molecule has 0 N–H and O–H groups in total. The monoisotopic (exact) mass is 420 g/mol. The van der Waals surface area contributed by atoms with Gasteiger partial charge >= 0.3 is 0 Å². The molecule has 3 heterocycles. The van der Waals surface area contributed by atoms with Crippen molar-refractivity contribution in [2.24, 2.45) is 12.0 Å². The van der Waals surface area contributed by atoms with Crippen LogP contribution in [0.1, 0.15) is 5.56 Å². The number of rotatable bonds is 2. The van der Waals surface area contributed by atoms with E-state index in [1.165, 1.54) is 17.8 Å². The summed E-state index contributed by atoms with van der Waals surface area (Å²) in [6.07, 6.45) is 3.97. The Morgan fingerprint density at radius 1 is 1.00 bits per heavy atom. The Morgan fingerprint density at radius 2 is 1.70 bits per heavy atom. The minimum absolute atomic E-state index is 0.195. The van der Waals surface area contributed by atoms with Crippen molar-refractivity contribution in [1.82, 2.24) is 9.47 Å². The van der Waals surface area contributed by atoms with Crippen LogP contribution in [0.4, 0.5) is 10.1 Å². The molecule has 5 nitrogen and oxygen atoms in total. The molecule has 152 valence electrons. The van der Waals surface area contributed by atoms with Gasteiger partial charge in [-0.15, -0.1) is 0 Å². The lowest BCUT2D eigenvalue weighted by Gasteiger charge is -2.36. The fourth-order valence-electron chi connectivity index (χ4n) is 4.01. The fraction of sp³-hybridized carbons (Fsp3) is 0.217. The molecule has 0 aliphatic carbocycles. The molecule has 0 saturated carbocycles. The zero-order valence-corrected chi connectivity index (χ0v) is 17.4. The van der Waals surface area contributed by atoms with Crippen molar-refractivity contribution in [1.29, 1.82) is 0 Å². The highest BCUT2D eigenvalue weighted by Crippen LogP contribution is 2.33. The van der Waals surface area contributed by atoms with Crippen molar-refractivity contribution in [3.05, 3.63) is 71.0 Å². The molecule has 2 aromatic carbocycles. The van der Waals surface area contributed by atoms with Crippen LogP contribution < -0.4 is 4.90 Å². The van der Waals surface area contributed by atoms with Crippen LogP contribution in [0.3, 0.4) is 0 Å². The first-order valence-corrected chi connectivity index (χ1v) is 10.7. The predicted molar refractivity (Wildman–Crippen MR) is 121 cm³/mol. The Bertz CT molecular complexity index is 1190. The topological polar surface area (TPSA) is 40.8 Å². The van der Waals surface area contributed by atoms with Crippen molar-refractivity contribution in [2.75, 3.05) is 31.1 Å². The van der Waals surface area contributed by atoms with E-state index in [1.807, 2.05) is 42.4 Å². The van der Waals surface area contributed by atoms with E-state index in [9.17, 15) is 9.18 Å². The molecular weight excluding hydrogens is 399 g/mol. The van der Waals surface area contributed by atoms with Gasteiger partial charge in [0.05, 0.1) is 10.6 Å². The van der Waals surface area contributed by atoms with Crippen LogP contribution in [0.2, 0.25) is 0 Å². The number of aromatic nitrogens is 1. The normalized spacial score (nSPS) is 18.5. The van der Waals surface area contributed by atoms with Crippen LogP contribution in [0, 0.1) is 5.82 Å². The average molecular weight is 421 g/mol. The molecule has 0 bridgehead atoms. The highest BCUT2D eigenvalue weighted by atomic mass is 32.2. The first kappa shape index (κ1) is 18.9. The van der Waals surface area contributed by atoms with Gasteiger partial charge in [-0.1, -0.05) is 30.3 Å². The zero-order valence-electron chi connectivity index (χ0n) is 16.6. The Kier molecular flexibility index (Phi) is 4.83. The van der Waals surface area contributed by atoms with E-state index in [4.69, 9.17) is 0 Å². The van der Waals surface area contributed by atoms with E-state index in [1.54, 1.807) is 12.1 Å². The summed E-state index contributed by atoms with van der Waals surface area (Å²) in [5.74, 6) is -0.395. The van der Waals surface area contributed by atoms with Gasteiger partial charge in [0.1, 0.15) is 5.82 Å². The summed E-state index contributed by atoms with van der Waals surface area (Å²) in [7, 11) is 2.00. The Hall–Kier alpha value is -3.06. The highest BCUT2D eigenvalue weighted by Gasteiger charge is 2.29. The molecule has 2 aliphatic heterocycles. The number of piperazine rings is 1. The fourth-order valence-corrected chi connectivity index (χ4v) is 4.97. The highest BCUT2D eigenvalue weighted by molar-refractivity contribution is 8.18. The van der Waals surface area contributed by atoms with Gasteiger partial charge in [0.25, 0.3) is 5.91 Å². The maximum absolute atomic E-state index is 14.1. The number of carbonyl (C=O) groups is 1. The lowest BCUT2D eigenvalue weighted by atomic mass is 10.1. The van der Waals surface area contributed by atoms with Crippen molar-refractivity contribution >= 4 is 45.5 Å². The number of amides is 1. The molecule has 2 aliphatic rings. The molecule has 0 unspecified atom stereocenters. The van der Waals surface area contributed by atoms with Gasteiger partial charge < -0.3 is 14.4 Å². The molecule has 3 aromatic rings. The van der Waals surface area contributed by atoms with Crippen LogP contribution in [-0.2, 0) is 11.8 Å². The van der Waals surface area contributed by atoms with E-state index >= 15 is 0 Å². The number of carbonyl (C=O) groups excluding carboxylic acids is 1. The number of thioether (sulfide) groups is 1. The van der Waals surface area contributed by atoms with Crippen molar-refractivity contribution < 1.29 is 9.18 Å². The molecule has 5 rings (SSSR count). The summed E-state index contributed by atoms with van der Waals surface area (Å²) in [6, 6.07) is 15.0. The molecule has 0 atom stereocenters. The number of benzene rings is 2. The Labute approximate surface area is 178 Å². The van der Waals surface area contributed by atoms with Crippen LogP contribution in [-0.4, -0.2) is 46.7 Å². The SMILES string of the molecule is Cn1cc(C=C2SC(N3CCN(c4ccccc4F)CC3)=NC2=O)c2ccccc21. The molecular formula is C23H21FN4OS. The molecule has 1 saturated heterocycles. The zero-order chi connectivity index (χ0) is 20.7. The van der Waals surface area contributed by atoms with Gasteiger partial charge in [-0.05, 0) is 36.0 Å². The van der Waals surface area contributed by atoms with Gasteiger partial charge in [-0.2, -0.15) is 4.99 Å². The largest absolute Gasteiger partial charge is 0.366 e. The molecule has 0 spiro atoms. The van der Waals surface area contributed by atoms with E-state index in [-0.39, 0.29) is 11.7 Å². The minimum Gasteiger partial charge on any atom is -0.366 e. The van der Waals surface area contributed by atoms with Crippen molar-refractivity contribution in [3.63, 3.8) is 0 Å². The number of anilines is 1. The third-order valence-corrected chi connectivity index (χ3v) is 6.61. The number of aliphatic imine (C=N–C) groups is 1. The van der Waals surface area contributed by atoms with Crippen molar-refractivity contribution in [2.45, 2.75) is 0 Å². The molecule has 30 heavy (non-hydrogen) atoms. The maximum Gasteiger partial charge on any atom is 0.286 e. The molecule has 7 heteroatoms. The van der Waals surface area contributed by atoms with Crippen LogP contribution in [0.25, 0.3) is 17.0 Å². The number of nitrogens with zero attached hydrogens (tertiary/aromatic N) is 4. The third kappa shape index (κ3) is 3.39. The quantitative estimate of drug-likeness (QED) is 0.585. The molecule has 1 amide bonds. The molecule has 0 radical (unpaired) electrons. The average Bonchev–Trinajstić information content (AvgIpc) is 3.29. The van der Waals surface area contributed by atoms with Gasteiger partial charge in [0.2, 0.25) is 0 Å². The van der Waals surface area contributed by atoms with Gasteiger partial charge in [0, 0.05) is 55.9 Å². The van der Waals surface area contributed by atoms with E-state index in [2.05, 4.69) is 26.6 Å². The Morgan fingerprint density at radius 3 is 2.50 bits per heavy atom. The predicted octanol–water partition coefficient (Wildman–Crippen LogP) is 4.11. The second-order valence-electron chi connectivity index (χ2n) is 7.45. The summed E-state index contributed by atoms with van der Waals surface area (Å²) in [6.45, 7) is 2.79. The number of hydrogen-bond donors (Lipinski definition) is 0. The van der Waals surface area contributed by atoms with Gasteiger partial charge in [0.15, 0.2) is 5.17 Å². The smallest absolute Gasteiger partial charge is 0.286 e. The molecule has 1 aromatic heterocycles. The number of hydrogen-bond acceptors (Lipinski definition) is 4. The summed E-state index contributed by atoms with van der Waals surface area (Å²) in [5, 5.41) is 1.85. The van der Waals surface area contributed by atoms with E-state index in [0.717, 1.165) is 21.6 Å². The maximum atomic E-state index is 14.1. The summed E-state index contributed by atoms with van der Waals surface area (Å²) < 4.78 is 16.1. The number of para-hydroxylation sites is 2. The second-order valence-corrected chi connectivity index (χ2v) is 8.46. The van der Waals surface area contributed by atoms with Crippen molar-refractivity contribution in [3.8, 4) is 0 Å². The van der Waals surface area contributed by atoms with Crippen LogP contribution in [0.5, 0.6) is 0 Å². The minimum atomic E-state index is -0.200. The van der Waals surface area contributed by atoms with Crippen LogP contribution >= 0.6 is 11.8 Å². The van der Waals surface area contributed by atoms with E-state index in [0.29, 0.717) is 36.8 Å². The third-order valence-electron chi connectivity index (χ3n) is 5.57. The molecule has 1 fully saturated rings. The number of fused-ring (bicyclic) bond motifs is 1. The second kappa shape index (κ2) is 7.65. The summed E-state index contributed by atoms with van der Waals surface area (Å²) >= 11 is 1.42. The summed E-state index contributed by atoms with van der Waals surface area (Å²) in [4.78, 5) is 21.6. The number of amidine groups is 1. The van der Waals surface area contributed by atoms with Gasteiger partial charge in [-0.25, -0.2) is 4.39 Å². The number of halogens is 1. The standard InChI is InChI=1S/C23H21FN4OS/c1-26-15-16(17-6-2-4-8-19(17)26)14-21-22(29)25-23(30-21)28-12-10-27(11-13-28)20-9-5-3-7-18(20)24/h2-9,14-15H,10-13H2,1H3. The lowest BCUT2D eigenvalue weighted by molar-refractivity contribution is -0.113.